The van der Waals surface area contributed by atoms with Crippen LogP contribution in [0.4, 0.5) is 4.79 Å². The molecule has 0 aromatic heterocycles. The topological polar surface area (TPSA) is 50.4 Å². The van der Waals surface area contributed by atoms with Crippen molar-refractivity contribution in [1.29, 1.82) is 0 Å². The Balaban J connectivity index is 4.07. The lowest BCUT2D eigenvalue weighted by atomic mass is 10.0. The summed E-state index contributed by atoms with van der Waals surface area (Å²) in [6, 6.07) is 0.108. The molecule has 4 nitrogen and oxygen atoms in total. The SMILES string of the molecule is CCCCNCC(NC(=O)OC(C)(C)C)C(C)C. The fourth-order valence-corrected chi connectivity index (χ4v) is 1.47. The first-order chi connectivity index (χ1) is 8.26. The Hall–Kier alpha value is -0.770. The van der Waals surface area contributed by atoms with E-state index in [2.05, 4.69) is 31.4 Å². The molecule has 1 unspecified atom stereocenters. The van der Waals surface area contributed by atoms with Crippen molar-refractivity contribution in [3.05, 3.63) is 0 Å². The van der Waals surface area contributed by atoms with Crippen LogP contribution >= 0.6 is 0 Å². The van der Waals surface area contributed by atoms with Crippen LogP contribution in [0.5, 0.6) is 0 Å². The van der Waals surface area contributed by atoms with E-state index < -0.39 is 5.60 Å². The lowest BCUT2D eigenvalue weighted by Crippen LogP contribution is -2.47. The van der Waals surface area contributed by atoms with E-state index in [0.717, 1.165) is 19.5 Å². The third-order valence-corrected chi connectivity index (χ3v) is 2.58. The predicted octanol–water partition coefficient (Wildman–Crippen LogP) is 2.93. The van der Waals surface area contributed by atoms with Gasteiger partial charge in [-0.05, 0) is 39.7 Å². The van der Waals surface area contributed by atoms with Crippen molar-refractivity contribution in [2.75, 3.05) is 13.1 Å². The van der Waals surface area contributed by atoms with Gasteiger partial charge in [-0.15, -0.1) is 0 Å². The van der Waals surface area contributed by atoms with Crippen molar-refractivity contribution < 1.29 is 9.53 Å². The molecule has 0 fully saturated rings. The molecule has 0 aliphatic rings. The lowest BCUT2D eigenvalue weighted by Gasteiger charge is -2.26. The summed E-state index contributed by atoms with van der Waals surface area (Å²) >= 11 is 0. The monoisotopic (exact) mass is 258 g/mol. The van der Waals surface area contributed by atoms with E-state index in [9.17, 15) is 4.79 Å². The van der Waals surface area contributed by atoms with Gasteiger partial charge >= 0.3 is 6.09 Å². The normalized spacial score (nSPS) is 13.5. The fourth-order valence-electron chi connectivity index (χ4n) is 1.47. The Morgan fingerprint density at radius 3 is 2.33 bits per heavy atom. The highest BCUT2D eigenvalue weighted by Gasteiger charge is 2.20. The van der Waals surface area contributed by atoms with Gasteiger partial charge in [-0.25, -0.2) is 4.79 Å². The summed E-state index contributed by atoms with van der Waals surface area (Å²) in [6.07, 6.45) is 2.01. The smallest absolute Gasteiger partial charge is 0.407 e. The van der Waals surface area contributed by atoms with Gasteiger partial charge in [0, 0.05) is 12.6 Å². The third-order valence-electron chi connectivity index (χ3n) is 2.58. The molecule has 0 saturated heterocycles. The second kappa shape index (κ2) is 8.35. The zero-order valence-corrected chi connectivity index (χ0v) is 12.8. The Kier molecular flexibility index (Phi) is 8.00. The molecule has 0 aliphatic heterocycles. The first-order valence-electron chi connectivity index (χ1n) is 6.96. The average molecular weight is 258 g/mol. The Morgan fingerprint density at radius 1 is 1.28 bits per heavy atom. The number of alkyl carbamates (subject to hydrolysis) is 1. The van der Waals surface area contributed by atoms with Gasteiger partial charge in [0.15, 0.2) is 0 Å². The van der Waals surface area contributed by atoms with Crippen LogP contribution in [-0.4, -0.2) is 30.8 Å². The van der Waals surface area contributed by atoms with E-state index in [1.807, 2.05) is 20.8 Å². The maximum absolute atomic E-state index is 11.7. The lowest BCUT2D eigenvalue weighted by molar-refractivity contribution is 0.0490. The Morgan fingerprint density at radius 2 is 1.89 bits per heavy atom. The molecule has 1 amide bonds. The summed E-state index contributed by atoms with van der Waals surface area (Å²) in [7, 11) is 0. The maximum Gasteiger partial charge on any atom is 0.407 e. The summed E-state index contributed by atoms with van der Waals surface area (Å²) in [6.45, 7) is 13.8. The van der Waals surface area contributed by atoms with Crippen LogP contribution in [0.25, 0.3) is 0 Å². The average Bonchev–Trinajstić information content (AvgIpc) is 2.19. The first kappa shape index (κ1) is 17.2. The number of hydrogen-bond donors (Lipinski definition) is 2. The second-order valence-corrected chi connectivity index (χ2v) is 6.05. The van der Waals surface area contributed by atoms with Gasteiger partial charge in [-0.1, -0.05) is 27.2 Å². The van der Waals surface area contributed by atoms with Crippen molar-refractivity contribution >= 4 is 6.09 Å². The largest absolute Gasteiger partial charge is 0.444 e. The minimum Gasteiger partial charge on any atom is -0.444 e. The number of rotatable bonds is 7. The number of unbranched alkanes of at least 4 members (excludes halogenated alkanes) is 1. The molecule has 0 rings (SSSR count). The quantitative estimate of drug-likeness (QED) is 0.690. The first-order valence-corrected chi connectivity index (χ1v) is 6.96. The maximum atomic E-state index is 11.7. The summed E-state index contributed by atoms with van der Waals surface area (Å²) < 4.78 is 5.27. The van der Waals surface area contributed by atoms with Crippen LogP contribution in [0, 0.1) is 5.92 Å². The van der Waals surface area contributed by atoms with Gasteiger partial charge in [-0.3, -0.25) is 0 Å². The predicted molar refractivity (Wildman–Crippen MR) is 75.8 cm³/mol. The fraction of sp³-hybridized carbons (Fsp3) is 0.929. The molecule has 4 heteroatoms. The number of hydrogen-bond acceptors (Lipinski definition) is 3. The molecule has 0 heterocycles. The molecule has 1 atom stereocenters. The number of amides is 1. The van der Waals surface area contributed by atoms with Gasteiger partial charge in [0.25, 0.3) is 0 Å². The molecule has 0 saturated carbocycles. The zero-order chi connectivity index (χ0) is 14.2. The molecular formula is C14H30N2O2. The highest BCUT2D eigenvalue weighted by atomic mass is 16.6. The van der Waals surface area contributed by atoms with Crippen LogP contribution in [0.15, 0.2) is 0 Å². The Bertz CT molecular complexity index is 234. The summed E-state index contributed by atoms with van der Waals surface area (Å²) in [5, 5.41) is 6.29. The zero-order valence-electron chi connectivity index (χ0n) is 12.8. The number of ether oxygens (including phenoxy) is 1. The van der Waals surface area contributed by atoms with Crippen molar-refractivity contribution in [1.82, 2.24) is 10.6 Å². The molecule has 2 N–H and O–H groups in total. The number of nitrogens with one attached hydrogen (secondary N) is 2. The van der Waals surface area contributed by atoms with Crippen molar-refractivity contribution in [3.63, 3.8) is 0 Å². The van der Waals surface area contributed by atoms with Crippen LogP contribution in [-0.2, 0) is 4.74 Å². The van der Waals surface area contributed by atoms with Crippen LogP contribution < -0.4 is 10.6 Å². The molecule has 0 radical (unpaired) electrons. The van der Waals surface area contributed by atoms with E-state index in [4.69, 9.17) is 4.74 Å². The number of carbonyl (C=O) groups is 1. The molecular weight excluding hydrogens is 228 g/mol. The molecule has 0 bridgehead atoms. The summed E-state index contributed by atoms with van der Waals surface area (Å²) in [5.41, 5.74) is -0.443. The van der Waals surface area contributed by atoms with E-state index in [-0.39, 0.29) is 12.1 Å². The van der Waals surface area contributed by atoms with Gasteiger partial charge in [0.05, 0.1) is 0 Å². The third kappa shape index (κ3) is 9.28. The van der Waals surface area contributed by atoms with E-state index in [1.165, 1.54) is 6.42 Å². The van der Waals surface area contributed by atoms with Crippen molar-refractivity contribution in [3.8, 4) is 0 Å². The second-order valence-electron chi connectivity index (χ2n) is 6.05. The van der Waals surface area contributed by atoms with Crippen molar-refractivity contribution in [2.24, 2.45) is 5.92 Å². The molecule has 0 aromatic carbocycles. The van der Waals surface area contributed by atoms with Gasteiger partial charge in [-0.2, -0.15) is 0 Å². The molecule has 18 heavy (non-hydrogen) atoms. The summed E-state index contributed by atoms with van der Waals surface area (Å²) in [5.74, 6) is 0.381. The molecule has 108 valence electrons. The van der Waals surface area contributed by atoms with E-state index in [0.29, 0.717) is 5.92 Å². The molecule has 0 spiro atoms. The number of carbonyl (C=O) groups excluding carboxylic acids is 1. The van der Waals surface area contributed by atoms with Crippen LogP contribution in [0.3, 0.4) is 0 Å². The van der Waals surface area contributed by atoms with Gasteiger partial charge in [0.1, 0.15) is 5.60 Å². The van der Waals surface area contributed by atoms with Crippen LogP contribution in [0.2, 0.25) is 0 Å². The van der Waals surface area contributed by atoms with Crippen molar-refractivity contribution in [2.45, 2.75) is 66.0 Å². The van der Waals surface area contributed by atoms with Crippen LogP contribution in [0.1, 0.15) is 54.4 Å². The van der Waals surface area contributed by atoms with Gasteiger partial charge < -0.3 is 15.4 Å². The minimum atomic E-state index is -0.443. The van der Waals surface area contributed by atoms with E-state index in [1.54, 1.807) is 0 Å². The van der Waals surface area contributed by atoms with E-state index >= 15 is 0 Å². The minimum absolute atomic E-state index is 0.108. The molecule has 0 aromatic rings. The standard InChI is InChI=1S/C14H30N2O2/c1-7-8-9-15-10-12(11(2)3)16-13(17)18-14(4,5)6/h11-12,15H,7-10H2,1-6H3,(H,16,17). The highest BCUT2D eigenvalue weighted by molar-refractivity contribution is 5.68. The molecule has 0 aliphatic carbocycles. The summed E-state index contributed by atoms with van der Waals surface area (Å²) in [4.78, 5) is 11.7. The highest BCUT2D eigenvalue weighted by Crippen LogP contribution is 2.08. The van der Waals surface area contributed by atoms with Gasteiger partial charge in [0.2, 0.25) is 0 Å². The Labute approximate surface area is 112 Å².